The van der Waals surface area contributed by atoms with Crippen molar-refractivity contribution in [3.8, 4) is 0 Å². The maximum Gasteiger partial charge on any atom is 0.472 e. The van der Waals surface area contributed by atoms with Crippen molar-refractivity contribution < 1.29 is 80.2 Å². The second-order valence-corrected chi connectivity index (χ2v) is 29.8. The average Bonchev–Trinajstić information content (AvgIpc) is 0.898. The predicted octanol–water partition coefficient (Wildman–Crippen LogP) is 25.2. The monoisotopic (exact) mass is 1600 g/mol. The molecule has 0 saturated carbocycles. The van der Waals surface area contributed by atoms with Gasteiger partial charge in [0.25, 0.3) is 0 Å². The SMILES string of the molecule is CC/C=C\C/C=C\C/C=C\C/C=C\C/C=C\CCCCCC(=O)OC[C@H](COP(=O)(O)OC[C@@H](O)COP(=O)(O)OC[C@@H](COC(=O)CCC/C=C\C/C=C\C/C=C\C/C=C\CCCCC)OC(=O)CCC/C=C\C/C=C\C/C=C\C/C=C\CCCCC)OC(=O)CCCCC/C=C\C/C=C\C/C=C\C/C=C\C/C=C\CC. The molecule has 0 aromatic heterocycles. The maximum absolute atomic E-state index is 13.1. The Hall–Kier alpha value is -6.62. The number of rotatable bonds is 76. The van der Waals surface area contributed by atoms with E-state index in [1.807, 2.05) is 24.3 Å². The van der Waals surface area contributed by atoms with Crippen LogP contribution in [0.4, 0.5) is 0 Å². The number of allylic oxidation sites excluding steroid dienone is 36. The zero-order valence-corrected chi connectivity index (χ0v) is 70.8. The predicted molar refractivity (Wildman–Crippen MR) is 463 cm³/mol. The average molecular weight is 1600 g/mol. The van der Waals surface area contributed by atoms with Gasteiger partial charge in [0.2, 0.25) is 0 Å². The van der Waals surface area contributed by atoms with Crippen LogP contribution in [0.15, 0.2) is 219 Å². The Bertz CT molecular complexity index is 2990. The van der Waals surface area contributed by atoms with Gasteiger partial charge in [0.1, 0.15) is 19.3 Å². The number of aliphatic hydroxyl groups is 1. The molecule has 0 fully saturated rings. The number of ether oxygens (including phenoxy) is 4. The quantitative estimate of drug-likeness (QED) is 0.0169. The van der Waals surface area contributed by atoms with Gasteiger partial charge in [0.05, 0.1) is 26.4 Å². The lowest BCUT2D eigenvalue weighted by Crippen LogP contribution is -2.30. The van der Waals surface area contributed by atoms with Crippen LogP contribution < -0.4 is 0 Å². The molecule has 0 aromatic rings. The van der Waals surface area contributed by atoms with Gasteiger partial charge in [0.15, 0.2) is 12.2 Å². The lowest BCUT2D eigenvalue weighted by Gasteiger charge is -2.21. The maximum atomic E-state index is 13.1. The fraction of sp³-hybridized carbons (Fsp3) is 0.570. The molecule has 0 aliphatic carbocycles. The highest BCUT2D eigenvalue weighted by atomic mass is 31.2. The first-order chi connectivity index (χ1) is 54.7. The van der Waals surface area contributed by atoms with E-state index in [-0.39, 0.29) is 25.7 Å². The van der Waals surface area contributed by atoms with Gasteiger partial charge in [-0.05, 0) is 193 Å². The van der Waals surface area contributed by atoms with E-state index in [9.17, 15) is 43.2 Å². The van der Waals surface area contributed by atoms with Gasteiger partial charge in [0, 0.05) is 25.7 Å². The van der Waals surface area contributed by atoms with Crippen LogP contribution in [0, 0.1) is 0 Å². The fourth-order valence-electron chi connectivity index (χ4n) is 10.1. The molecular weight excluding hydrogens is 1450 g/mol. The molecule has 17 nitrogen and oxygen atoms in total. The molecule has 0 aromatic carbocycles. The van der Waals surface area contributed by atoms with Crippen molar-refractivity contribution in [2.24, 2.45) is 0 Å². The molecule has 0 bridgehead atoms. The summed E-state index contributed by atoms with van der Waals surface area (Å²) in [6, 6.07) is 0. The van der Waals surface area contributed by atoms with Crippen molar-refractivity contribution in [1.82, 2.24) is 0 Å². The molecule has 630 valence electrons. The molecule has 0 heterocycles. The second-order valence-electron chi connectivity index (χ2n) is 26.9. The summed E-state index contributed by atoms with van der Waals surface area (Å²) in [5, 5.41) is 10.7. The summed E-state index contributed by atoms with van der Waals surface area (Å²) >= 11 is 0. The number of unbranched alkanes of at least 4 members (excludes halogenated alkanes) is 14. The number of hydrogen-bond acceptors (Lipinski definition) is 15. The van der Waals surface area contributed by atoms with Gasteiger partial charge in [-0.15, -0.1) is 0 Å². The van der Waals surface area contributed by atoms with Crippen molar-refractivity contribution in [3.05, 3.63) is 219 Å². The number of esters is 4. The first-order valence-electron chi connectivity index (χ1n) is 42.0. The molecule has 3 N–H and O–H groups in total. The lowest BCUT2D eigenvalue weighted by molar-refractivity contribution is -0.161. The summed E-state index contributed by atoms with van der Waals surface area (Å²) < 4.78 is 68.6. The zero-order chi connectivity index (χ0) is 81.7. The van der Waals surface area contributed by atoms with E-state index in [0.717, 1.165) is 154 Å². The fourth-order valence-corrected chi connectivity index (χ4v) is 11.7. The van der Waals surface area contributed by atoms with E-state index in [1.165, 1.54) is 38.5 Å². The highest BCUT2D eigenvalue weighted by Gasteiger charge is 2.30. The van der Waals surface area contributed by atoms with Crippen molar-refractivity contribution in [2.75, 3.05) is 39.6 Å². The number of carbonyl (C=O) groups is 4. The van der Waals surface area contributed by atoms with Gasteiger partial charge < -0.3 is 33.8 Å². The van der Waals surface area contributed by atoms with Crippen LogP contribution in [0.1, 0.15) is 285 Å². The van der Waals surface area contributed by atoms with E-state index in [2.05, 4.69) is 222 Å². The van der Waals surface area contributed by atoms with Gasteiger partial charge >= 0.3 is 39.5 Å². The second kappa shape index (κ2) is 82.4. The van der Waals surface area contributed by atoms with E-state index in [0.29, 0.717) is 38.5 Å². The van der Waals surface area contributed by atoms with E-state index in [1.54, 1.807) is 0 Å². The minimum Gasteiger partial charge on any atom is -0.462 e. The topological polar surface area (TPSA) is 237 Å². The van der Waals surface area contributed by atoms with Crippen LogP contribution in [-0.4, -0.2) is 96.7 Å². The Morgan fingerprint density at radius 2 is 0.473 bits per heavy atom. The number of hydrogen-bond donors (Lipinski definition) is 3. The third-order valence-corrected chi connectivity index (χ3v) is 18.3. The van der Waals surface area contributed by atoms with Crippen molar-refractivity contribution >= 4 is 39.5 Å². The van der Waals surface area contributed by atoms with E-state index in [4.69, 9.17) is 37.0 Å². The highest BCUT2D eigenvalue weighted by molar-refractivity contribution is 7.47. The zero-order valence-electron chi connectivity index (χ0n) is 69.0. The van der Waals surface area contributed by atoms with Crippen molar-refractivity contribution in [1.29, 1.82) is 0 Å². The first-order valence-corrected chi connectivity index (χ1v) is 45.0. The standard InChI is InChI=1S/C93H146O17P2/c1-5-9-13-17-21-25-29-33-37-41-43-47-50-54-58-62-66-70-74-78-91(96)104-84-89(110-93(98)80-76-72-68-64-60-56-52-48-44-42-38-34-30-26-22-18-14-10-6-2)86-108-112(101,102)106-82-87(94)81-105-111(99,100)107-85-88(109-92(97)79-75-71-67-63-59-55-51-46-40-36-32-28-24-20-16-12-8-4)83-103-90(95)77-73-69-65-61-57-53-49-45-39-35-31-27-23-19-15-11-7-3/h9-10,13-14,21-28,33-40,43-44,47-49,51,53-56,58,60-61,63,65,67,87-89,94H,5-8,11-12,15-20,29-32,41-42,45-46,50,52,57,59,62,64,66,68-86H2,1-4H3,(H,99,100)(H,101,102)/b13-9-,14-10-,25-21-,26-22-,27-23-,28-24-,37-33-,38-34-,39-35-,40-36-,47-43-,48-44-,53-49-,55-51-,58-54-,60-56-,65-61-,67-63-/t87-,88+,89+/m0/s1. The van der Waals surface area contributed by atoms with Crippen LogP contribution in [0.25, 0.3) is 0 Å². The lowest BCUT2D eigenvalue weighted by atomic mass is 10.1. The summed E-state index contributed by atoms with van der Waals surface area (Å²) in [6.45, 7) is 4.36. The van der Waals surface area contributed by atoms with Gasteiger partial charge in [-0.2, -0.15) is 0 Å². The third-order valence-electron chi connectivity index (χ3n) is 16.4. The molecule has 2 unspecified atom stereocenters. The van der Waals surface area contributed by atoms with Crippen LogP contribution >= 0.6 is 15.6 Å². The van der Waals surface area contributed by atoms with Crippen LogP contribution in [0.5, 0.6) is 0 Å². The molecule has 112 heavy (non-hydrogen) atoms. The molecule has 19 heteroatoms. The van der Waals surface area contributed by atoms with E-state index < -0.39 is 97.5 Å². The number of aliphatic hydroxyl groups excluding tert-OH is 1. The summed E-state index contributed by atoms with van der Waals surface area (Å²) in [5.41, 5.74) is 0. The Balaban J connectivity index is 5.59. The molecule has 0 aliphatic rings. The van der Waals surface area contributed by atoms with Gasteiger partial charge in [-0.25, -0.2) is 9.13 Å². The van der Waals surface area contributed by atoms with Crippen molar-refractivity contribution in [2.45, 2.75) is 303 Å². The van der Waals surface area contributed by atoms with E-state index >= 15 is 0 Å². The molecule has 0 spiro atoms. The molecule has 0 aliphatic heterocycles. The molecular formula is C93H146O17P2. The summed E-state index contributed by atoms with van der Waals surface area (Å²) in [6.07, 6.45) is 105. The number of phosphoric acid groups is 2. The first kappa shape index (κ1) is 105. The molecule has 0 rings (SSSR count). The summed E-state index contributed by atoms with van der Waals surface area (Å²) in [7, 11) is -10.0. The minimum atomic E-state index is -5.03. The minimum absolute atomic E-state index is 0.00304. The highest BCUT2D eigenvalue weighted by Crippen LogP contribution is 2.45. The van der Waals surface area contributed by atoms with Gasteiger partial charge in [-0.3, -0.25) is 37.3 Å². The third kappa shape index (κ3) is 81.4. The Kier molecular flexibility index (Phi) is 77.5. The summed E-state index contributed by atoms with van der Waals surface area (Å²) in [4.78, 5) is 73.2. The summed E-state index contributed by atoms with van der Waals surface area (Å²) in [5.74, 6) is -2.41. The Morgan fingerprint density at radius 3 is 0.741 bits per heavy atom. The molecule has 0 saturated heterocycles. The smallest absolute Gasteiger partial charge is 0.462 e. The largest absolute Gasteiger partial charge is 0.472 e. The molecule has 5 atom stereocenters. The van der Waals surface area contributed by atoms with Gasteiger partial charge in [-0.1, -0.05) is 285 Å². The normalized spacial score (nSPS) is 14.9. The van der Waals surface area contributed by atoms with Crippen LogP contribution in [0.3, 0.4) is 0 Å². The number of carbonyl (C=O) groups excluding carboxylic acids is 4. The molecule has 0 radical (unpaired) electrons. The van der Waals surface area contributed by atoms with Crippen LogP contribution in [-0.2, 0) is 65.4 Å². The van der Waals surface area contributed by atoms with Crippen molar-refractivity contribution in [3.63, 3.8) is 0 Å². The number of phosphoric ester groups is 2. The molecule has 0 amide bonds. The Morgan fingerprint density at radius 1 is 0.259 bits per heavy atom. The van der Waals surface area contributed by atoms with Crippen LogP contribution in [0.2, 0.25) is 0 Å². The Labute approximate surface area is 677 Å².